The number of benzene rings is 2. The van der Waals surface area contributed by atoms with Crippen LogP contribution in [0.2, 0.25) is 0 Å². The van der Waals surface area contributed by atoms with Gasteiger partial charge in [0.1, 0.15) is 6.04 Å². The van der Waals surface area contributed by atoms with Crippen molar-refractivity contribution >= 4 is 21.6 Å². The highest BCUT2D eigenvalue weighted by Gasteiger charge is 2.31. The van der Waals surface area contributed by atoms with Crippen molar-refractivity contribution in [1.82, 2.24) is 5.32 Å². The van der Waals surface area contributed by atoms with E-state index in [1.54, 1.807) is 25.1 Å². The molecule has 0 saturated heterocycles. The van der Waals surface area contributed by atoms with E-state index in [1.165, 1.54) is 38.2 Å². The van der Waals surface area contributed by atoms with Gasteiger partial charge in [-0.1, -0.05) is 25.1 Å². The van der Waals surface area contributed by atoms with Crippen molar-refractivity contribution in [3.63, 3.8) is 0 Å². The number of amides is 1. The third-order valence-corrected chi connectivity index (χ3v) is 7.45. The molecule has 1 aliphatic rings. The van der Waals surface area contributed by atoms with E-state index in [1.807, 2.05) is 6.92 Å². The highest BCUT2D eigenvalue weighted by atomic mass is 32.2. The van der Waals surface area contributed by atoms with Crippen molar-refractivity contribution in [2.75, 3.05) is 24.8 Å². The summed E-state index contributed by atoms with van der Waals surface area (Å²) in [6, 6.07) is 10.1. The van der Waals surface area contributed by atoms with Crippen molar-refractivity contribution in [2.24, 2.45) is 0 Å². The number of carbonyl (C=O) groups is 1. The monoisotopic (exact) mass is 474 g/mol. The van der Waals surface area contributed by atoms with Gasteiger partial charge in [0.2, 0.25) is 15.9 Å². The molecule has 2 aromatic carbocycles. The Balaban J connectivity index is 1.86. The largest absolute Gasteiger partial charge is 0.493 e. The molecule has 0 fully saturated rings. The first-order valence-electron chi connectivity index (χ1n) is 11.3. The molecule has 1 amide bonds. The first-order valence-corrected chi connectivity index (χ1v) is 13.2. The van der Waals surface area contributed by atoms with Crippen LogP contribution >= 0.6 is 0 Å². The summed E-state index contributed by atoms with van der Waals surface area (Å²) in [6.45, 7) is 3.60. The zero-order chi connectivity index (χ0) is 24.2. The molecule has 2 atom stereocenters. The molecule has 1 aliphatic carbocycles. The number of nitrogens with one attached hydrogen (secondary N) is 1. The zero-order valence-electron chi connectivity index (χ0n) is 20.1. The number of hydrogen-bond acceptors (Lipinski definition) is 5. The Kier molecular flexibility index (Phi) is 7.89. The van der Waals surface area contributed by atoms with Crippen LogP contribution in [0.15, 0.2) is 36.4 Å². The molecule has 2 aromatic rings. The fraction of sp³-hybridized carbons (Fsp3) is 0.480. The van der Waals surface area contributed by atoms with Crippen molar-refractivity contribution < 1.29 is 22.7 Å². The molecule has 0 unspecified atom stereocenters. The number of hydrogen-bond donors (Lipinski definition) is 1. The molecule has 0 radical (unpaired) electrons. The fourth-order valence-corrected chi connectivity index (χ4v) is 5.62. The number of aryl methyl sites for hydroxylation is 2. The first-order chi connectivity index (χ1) is 15.7. The molecular weight excluding hydrogens is 440 g/mol. The molecule has 3 rings (SSSR count). The maximum absolute atomic E-state index is 13.2. The Morgan fingerprint density at radius 1 is 1.03 bits per heavy atom. The SMILES string of the molecule is CC[C@H](NC(=O)[C@H](C)N(c1ccc(OC)c(OC)c1)S(C)(=O)=O)c1ccc2c(c1)CCCC2. The van der Waals surface area contributed by atoms with E-state index >= 15 is 0 Å². The Bertz CT molecular complexity index is 1100. The summed E-state index contributed by atoms with van der Waals surface area (Å²) >= 11 is 0. The number of fused-ring (bicyclic) bond motifs is 1. The van der Waals surface area contributed by atoms with Crippen LogP contribution < -0.4 is 19.1 Å². The normalized spacial score (nSPS) is 15.2. The number of ether oxygens (including phenoxy) is 2. The van der Waals surface area contributed by atoms with Gasteiger partial charge in [-0.15, -0.1) is 0 Å². The summed E-state index contributed by atoms with van der Waals surface area (Å²) in [5.41, 5.74) is 4.12. The molecule has 8 heteroatoms. The van der Waals surface area contributed by atoms with Gasteiger partial charge in [0, 0.05) is 6.07 Å². The first kappa shape index (κ1) is 24.9. The van der Waals surface area contributed by atoms with E-state index in [0.717, 1.165) is 29.0 Å². The molecule has 0 aliphatic heterocycles. The second-order valence-corrected chi connectivity index (χ2v) is 10.3. The average molecular weight is 475 g/mol. The number of anilines is 1. The standard InChI is InChI=1S/C25H34N2O5S/c1-6-22(20-12-11-18-9-7-8-10-19(18)15-20)26-25(28)17(2)27(33(5,29)30)21-13-14-23(31-3)24(16-21)32-4/h11-17,22H,6-10H2,1-5H3,(H,26,28)/t17-,22-/m0/s1. The Labute approximate surface area is 197 Å². The summed E-state index contributed by atoms with van der Waals surface area (Å²) in [6.07, 6.45) is 6.36. The van der Waals surface area contributed by atoms with Gasteiger partial charge in [0.15, 0.2) is 11.5 Å². The quantitative estimate of drug-likeness (QED) is 0.594. The predicted octanol–water partition coefficient (Wildman–Crippen LogP) is 4.00. The van der Waals surface area contributed by atoms with Crippen molar-refractivity contribution in [3.05, 3.63) is 53.1 Å². The van der Waals surface area contributed by atoms with E-state index in [2.05, 4.69) is 23.5 Å². The molecule has 33 heavy (non-hydrogen) atoms. The minimum atomic E-state index is -3.75. The lowest BCUT2D eigenvalue weighted by molar-refractivity contribution is -0.122. The van der Waals surface area contributed by atoms with Crippen molar-refractivity contribution in [1.29, 1.82) is 0 Å². The summed E-state index contributed by atoms with van der Waals surface area (Å²) in [4.78, 5) is 13.2. The Morgan fingerprint density at radius 3 is 2.30 bits per heavy atom. The summed E-state index contributed by atoms with van der Waals surface area (Å²) in [5.74, 6) is 0.502. The zero-order valence-corrected chi connectivity index (χ0v) is 20.9. The molecule has 0 bridgehead atoms. The van der Waals surface area contributed by atoms with Crippen LogP contribution in [-0.4, -0.2) is 40.8 Å². The van der Waals surface area contributed by atoms with Crippen molar-refractivity contribution in [3.8, 4) is 11.5 Å². The lowest BCUT2D eigenvalue weighted by atomic mass is 9.88. The predicted molar refractivity (Wildman–Crippen MR) is 131 cm³/mol. The van der Waals surface area contributed by atoms with Crippen molar-refractivity contribution in [2.45, 2.75) is 58.0 Å². The molecule has 0 saturated carbocycles. The number of rotatable bonds is 9. The van der Waals surface area contributed by atoms with Crippen LogP contribution in [0, 0.1) is 0 Å². The summed E-state index contributed by atoms with van der Waals surface area (Å²) < 4.78 is 37.1. The second-order valence-electron chi connectivity index (χ2n) is 8.48. The molecule has 1 N–H and O–H groups in total. The lowest BCUT2D eigenvalue weighted by Crippen LogP contribution is -2.48. The molecule has 180 valence electrons. The van der Waals surface area contributed by atoms with E-state index < -0.39 is 16.1 Å². The Hall–Kier alpha value is -2.74. The van der Waals surface area contributed by atoms with Crippen LogP contribution in [0.1, 0.15) is 55.8 Å². The second kappa shape index (κ2) is 10.5. The maximum Gasteiger partial charge on any atom is 0.244 e. The minimum absolute atomic E-state index is 0.195. The number of carbonyl (C=O) groups excluding carboxylic acids is 1. The fourth-order valence-electron chi connectivity index (χ4n) is 4.45. The maximum atomic E-state index is 13.2. The number of nitrogens with zero attached hydrogens (tertiary/aromatic N) is 1. The number of methoxy groups -OCH3 is 2. The lowest BCUT2D eigenvalue weighted by Gasteiger charge is -2.30. The Morgan fingerprint density at radius 2 is 1.70 bits per heavy atom. The van der Waals surface area contributed by atoms with E-state index in [9.17, 15) is 13.2 Å². The van der Waals surface area contributed by atoms with Gasteiger partial charge >= 0.3 is 0 Å². The van der Waals surface area contributed by atoms with E-state index in [-0.39, 0.29) is 11.9 Å². The summed E-state index contributed by atoms with van der Waals surface area (Å²) in [7, 11) is -0.763. The molecular formula is C25H34N2O5S. The van der Waals surface area contributed by atoms with Gasteiger partial charge < -0.3 is 14.8 Å². The van der Waals surface area contributed by atoms with E-state index in [0.29, 0.717) is 23.6 Å². The van der Waals surface area contributed by atoms with Crippen LogP contribution in [0.3, 0.4) is 0 Å². The molecule has 0 spiro atoms. The van der Waals surface area contributed by atoms with E-state index in [4.69, 9.17) is 9.47 Å². The van der Waals surface area contributed by atoms with Crippen LogP contribution in [0.5, 0.6) is 11.5 Å². The van der Waals surface area contributed by atoms with Crippen LogP contribution in [0.4, 0.5) is 5.69 Å². The van der Waals surface area contributed by atoms with Gasteiger partial charge in [-0.05, 0) is 67.9 Å². The average Bonchev–Trinajstić information content (AvgIpc) is 2.81. The summed E-state index contributed by atoms with van der Waals surface area (Å²) in [5, 5.41) is 3.06. The molecule has 0 heterocycles. The third-order valence-electron chi connectivity index (χ3n) is 6.21. The van der Waals surface area contributed by atoms with Gasteiger partial charge in [-0.25, -0.2) is 8.42 Å². The van der Waals surface area contributed by atoms with Gasteiger partial charge in [-0.2, -0.15) is 0 Å². The van der Waals surface area contributed by atoms with Crippen LogP contribution in [0.25, 0.3) is 0 Å². The third kappa shape index (κ3) is 5.61. The molecule has 0 aromatic heterocycles. The van der Waals surface area contributed by atoms with Gasteiger partial charge in [0.05, 0.1) is 32.2 Å². The highest BCUT2D eigenvalue weighted by molar-refractivity contribution is 7.92. The van der Waals surface area contributed by atoms with Crippen LogP contribution in [-0.2, 0) is 27.7 Å². The van der Waals surface area contributed by atoms with Gasteiger partial charge in [-0.3, -0.25) is 9.10 Å². The smallest absolute Gasteiger partial charge is 0.244 e. The van der Waals surface area contributed by atoms with Gasteiger partial charge in [0.25, 0.3) is 0 Å². The number of sulfonamides is 1. The highest BCUT2D eigenvalue weighted by Crippen LogP contribution is 2.33. The minimum Gasteiger partial charge on any atom is -0.493 e. The topological polar surface area (TPSA) is 84.9 Å². The molecule has 7 nitrogen and oxygen atoms in total.